The topological polar surface area (TPSA) is 402 Å². The van der Waals surface area contributed by atoms with Crippen LogP contribution in [-0.2, 0) is 47.8 Å². The lowest BCUT2D eigenvalue weighted by molar-refractivity contribution is -0.198. The first kappa shape index (κ1) is 69.4. The Kier molecular flexibility index (Phi) is 23.6. The average Bonchev–Trinajstić information content (AvgIpc) is 1.64. The number of nitrogens with zero attached hydrogens (tertiary/aromatic N) is 13. The Labute approximate surface area is 557 Å². The van der Waals surface area contributed by atoms with Crippen molar-refractivity contribution in [3.05, 3.63) is 53.9 Å². The Hall–Kier alpha value is -8.41. The second kappa shape index (κ2) is 32.4. The Morgan fingerprint density at radius 2 is 0.895 bits per heavy atom. The van der Waals surface area contributed by atoms with Gasteiger partial charge in [-0.1, -0.05) is 23.0 Å². The van der Waals surface area contributed by atoms with Crippen LogP contribution in [0.4, 0.5) is 32.2 Å². The molecule has 95 heavy (non-hydrogen) atoms. The average molecular weight is 1440 g/mol. The summed E-state index contributed by atoms with van der Waals surface area (Å²) in [6.07, 6.45) is 24.1. The van der Waals surface area contributed by atoms with Gasteiger partial charge >= 0.3 is 30.3 Å². The third-order valence-electron chi connectivity index (χ3n) is 18.4. The van der Waals surface area contributed by atoms with Crippen molar-refractivity contribution in [3.8, 4) is 0 Å². The summed E-state index contributed by atoms with van der Waals surface area (Å²) in [5.74, 6) is -1.69. The molecular weight excluding hydrogens is 1360 g/mol. The number of piperazine rings is 2. The number of rotatable bonds is 13. The number of aromatic nitrogens is 6. The summed E-state index contributed by atoms with van der Waals surface area (Å²) in [4.78, 5) is 159. The number of piperidine rings is 1. The molecule has 10 heterocycles. The van der Waals surface area contributed by atoms with Crippen molar-refractivity contribution in [2.45, 2.75) is 195 Å². The molecule has 7 atom stereocenters. The van der Waals surface area contributed by atoms with Crippen LogP contribution < -0.4 is 20.2 Å². The van der Waals surface area contributed by atoms with Crippen LogP contribution in [0.2, 0.25) is 0 Å². The maximum atomic E-state index is 12.4. The number of carbonyl (C=O) groups excluding carboxylic acids is 10. The maximum Gasteiger partial charge on any atom is 0.560 e. The zero-order valence-corrected chi connectivity index (χ0v) is 55.1. The van der Waals surface area contributed by atoms with Crippen molar-refractivity contribution < 1.29 is 86.9 Å². The SMILES string of the molecule is CCOC(=O)c1cnc(N2C[C@@H]3C[C@H]2CC3I=N)nc1.CCOC(=O)c1cnc(N2C[C@@H]3C[C@H]2CN3C(=O)OC2CCCC2)nc1.O=C(NO)c1cnc(N2C[C@@H]3C[C@H]2CN3C(=O)OC2CCCC2)nc1.O=C(ON1C(=O)CCC1=O)ON1C(=O)CCC1=O.OC1CCCC1. The zero-order valence-electron chi connectivity index (χ0n) is 52.9. The molecule has 0 radical (unpaired) electrons. The molecule has 7 saturated heterocycles. The van der Waals surface area contributed by atoms with Gasteiger partial charge in [-0.25, -0.2) is 54.6 Å². The third kappa shape index (κ3) is 17.2. The van der Waals surface area contributed by atoms with Crippen molar-refractivity contribution in [2.75, 3.05) is 60.6 Å². The van der Waals surface area contributed by atoms with Crippen molar-refractivity contribution >= 4 is 98.7 Å². The first-order chi connectivity index (χ1) is 45.9. The Balaban J connectivity index is 0.000000135. The zero-order chi connectivity index (χ0) is 67.3. The molecule has 4 aliphatic carbocycles. The summed E-state index contributed by atoms with van der Waals surface area (Å²) < 4.78 is 29.4. The van der Waals surface area contributed by atoms with Crippen LogP contribution in [0, 0.1) is 9.48 Å². The van der Waals surface area contributed by atoms with E-state index in [2.05, 4.69) is 54.3 Å². The van der Waals surface area contributed by atoms with E-state index in [0.717, 1.165) is 90.0 Å². The molecule has 34 heteroatoms. The number of hydrogen-bond donors (Lipinski definition) is 4. The number of amides is 7. The van der Waals surface area contributed by atoms with Crippen LogP contribution in [-0.4, -0.2) is 218 Å². The molecule has 1 unspecified atom stereocenters. The van der Waals surface area contributed by atoms with Gasteiger partial charge in [0, 0.05) is 106 Å². The number of alkyl halides is 1. The number of nitrogens with one attached hydrogen (secondary N) is 2. The Bertz CT molecular complexity index is 3200. The van der Waals surface area contributed by atoms with Gasteiger partial charge in [-0.2, -0.15) is 4.79 Å². The monoisotopic (exact) mass is 1440 g/mol. The quantitative estimate of drug-likeness (QED) is 0.0313. The number of carbonyl (C=O) groups is 10. The van der Waals surface area contributed by atoms with Crippen molar-refractivity contribution in [1.29, 1.82) is 3.56 Å². The number of hydroxylamine groups is 5. The van der Waals surface area contributed by atoms with Gasteiger partial charge in [-0.05, 0) is 131 Å². The Morgan fingerprint density at radius 1 is 0.516 bits per heavy atom. The number of aliphatic hydroxyl groups is 1. The van der Waals surface area contributed by atoms with E-state index in [-0.39, 0.29) is 102 Å². The molecular formula is C61H80IN15O18. The molecule has 0 spiro atoms. The molecule has 4 N–H and O–H groups in total. The van der Waals surface area contributed by atoms with Gasteiger partial charge in [0.1, 0.15) is 12.2 Å². The lowest BCUT2D eigenvalue weighted by Crippen LogP contribution is -2.50. The van der Waals surface area contributed by atoms with Crippen LogP contribution in [0.25, 0.3) is 0 Å². The minimum Gasteiger partial charge on any atom is -0.462 e. The van der Waals surface area contributed by atoms with Crippen LogP contribution >= 0.6 is 21.0 Å². The molecule has 6 bridgehead atoms. The number of likely N-dealkylation sites (tertiary alicyclic amines) is 2. The lowest BCUT2D eigenvalue weighted by atomic mass is 10.1. The number of ether oxygens (including phenoxy) is 4. The minimum absolute atomic E-state index is 0.0463. The van der Waals surface area contributed by atoms with Crippen molar-refractivity contribution in [1.82, 2.24) is 55.3 Å². The van der Waals surface area contributed by atoms with Gasteiger partial charge in [0.05, 0.1) is 60.2 Å². The highest BCUT2D eigenvalue weighted by molar-refractivity contribution is 14.1. The maximum absolute atomic E-state index is 12.4. The number of halogens is 1. The van der Waals surface area contributed by atoms with Crippen LogP contribution in [0.5, 0.6) is 0 Å². The molecule has 0 aromatic carbocycles. The molecule has 7 aliphatic heterocycles. The molecule has 14 rings (SSSR count). The number of fused-ring (bicyclic) bond motifs is 6. The van der Waals surface area contributed by atoms with E-state index in [1.165, 1.54) is 44.0 Å². The summed E-state index contributed by atoms with van der Waals surface area (Å²) >= 11 is -0.399. The fourth-order valence-corrected chi connectivity index (χ4v) is 15.5. The largest absolute Gasteiger partial charge is 0.560 e. The van der Waals surface area contributed by atoms with E-state index in [1.54, 1.807) is 31.7 Å². The second-order valence-electron chi connectivity index (χ2n) is 24.7. The van der Waals surface area contributed by atoms with Crippen molar-refractivity contribution in [3.63, 3.8) is 0 Å². The molecule has 7 amide bonds. The third-order valence-corrected chi connectivity index (χ3v) is 20.8. The molecule has 3 aromatic heterocycles. The van der Waals surface area contributed by atoms with Gasteiger partial charge in [-0.15, -0.1) is 0 Å². The highest BCUT2D eigenvalue weighted by Gasteiger charge is 2.50. The smallest absolute Gasteiger partial charge is 0.462 e. The van der Waals surface area contributed by atoms with Gasteiger partial charge in [-0.3, -0.25) is 42.4 Å². The van der Waals surface area contributed by atoms with Crippen LogP contribution in [0.3, 0.4) is 0 Å². The van der Waals surface area contributed by atoms with E-state index in [0.29, 0.717) is 84.2 Å². The second-order valence-corrected chi connectivity index (χ2v) is 26.9. The number of hydrogen-bond acceptors (Lipinski definition) is 28. The molecule has 11 aliphatic rings. The van der Waals surface area contributed by atoms with Crippen LogP contribution in [0.1, 0.15) is 173 Å². The van der Waals surface area contributed by atoms with Gasteiger partial charge in [0.2, 0.25) is 17.8 Å². The predicted octanol–water partition coefficient (Wildman–Crippen LogP) is 5.48. The molecule has 4 saturated carbocycles. The predicted molar refractivity (Wildman–Crippen MR) is 336 cm³/mol. The van der Waals surface area contributed by atoms with Gasteiger partial charge < -0.3 is 48.6 Å². The van der Waals surface area contributed by atoms with E-state index >= 15 is 0 Å². The lowest BCUT2D eigenvalue weighted by Gasteiger charge is -2.34. The van der Waals surface area contributed by atoms with Crippen LogP contribution in [0.15, 0.2) is 37.2 Å². The van der Waals surface area contributed by atoms with Gasteiger partial charge in [0.25, 0.3) is 29.5 Å². The molecule has 514 valence electrons. The van der Waals surface area contributed by atoms with E-state index in [1.807, 2.05) is 9.80 Å². The van der Waals surface area contributed by atoms with Crippen molar-refractivity contribution in [2.24, 2.45) is 5.92 Å². The fraction of sp³-hybridized carbons (Fsp3) is 0.639. The van der Waals surface area contributed by atoms with E-state index < -0.39 is 62.7 Å². The summed E-state index contributed by atoms with van der Waals surface area (Å²) in [5.41, 5.74) is 2.49. The standard InChI is InChI=1S/C18H24N4O4.C16H21N5O4.C13H17IN4O2.C9H8N2O7.C5H10O/c1-2-25-16(23)12-8-19-17(20-9-12)21-10-14-7-13(21)11-22(14)18(24)26-15-5-3-4-6-15;22-14(19-24)10-6-17-15(18-7-10)20-8-12-5-11(20)9-21(12)16(23)25-13-3-1-2-4-13;1-2-20-12(19)9-5-16-13(17-6-9)18-7-8-3-10(18)4-11(8)14-15;12-5-1-2-6(13)10(5)17-9(16)18-11-7(14)3-4-8(11)15;6-5-3-1-2-4-5/h8-9,13-15H,2-7,10-11H2,1H3;6-7,11-13,24H,1-5,8-9H2,(H,19,22);5-6,8,10-11,15H,2-4,7H2,1H3;1-4H2;5-6H,1-4H2/t13-,14-;11-,12-;8-,10-,11?;;/m000../s1. The normalized spacial score (nSPS) is 24.8. The highest BCUT2D eigenvalue weighted by atomic mass is 127. The minimum atomic E-state index is -1.48. The number of esters is 2. The first-order valence-corrected chi connectivity index (χ1v) is 34.8. The number of aliphatic hydroxyl groups excluding tert-OH is 1. The summed E-state index contributed by atoms with van der Waals surface area (Å²) in [6, 6.07) is 1.11. The van der Waals surface area contributed by atoms with Gasteiger partial charge in [0.15, 0.2) is 0 Å². The Morgan fingerprint density at radius 3 is 1.21 bits per heavy atom. The molecule has 11 fully saturated rings. The number of anilines is 3. The number of imide groups is 2. The molecule has 3 aromatic rings. The van der Waals surface area contributed by atoms with E-state index in [4.69, 9.17) is 32.8 Å². The summed E-state index contributed by atoms with van der Waals surface area (Å²) in [6.45, 7) is 7.79. The highest BCUT2D eigenvalue weighted by Crippen LogP contribution is 2.45. The molecule has 33 nitrogen and oxygen atoms in total. The first-order valence-electron chi connectivity index (χ1n) is 32.5. The summed E-state index contributed by atoms with van der Waals surface area (Å²) in [5, 5.41) is 17.9. The van der Waals surface area contributed by atoms with E-state index in [9.17, 15) is 47.9 Å². The summed E-state index contributed by atoms with van der Waals surface area (Å²) in [7, 11) is 0. The fourth-order valence-electron chi connectivity index (χ4n) is 13.6.